The van der Waals surface area contributed by atoms with E-state index < -0.39 is 0 Å². The van der Waals surface area contributed by atoms with Gasteiger partial charge in [0.25, 0.3) is 0 Å². The molecule has 0 fully saturated rings. The van der Waals surface area contributed by atoms with E-state index in [0.29, 0.717) is 18.8 Å². The molecule has 1 unspecified atom stereocenters. The molecule has 4 nitrogen and oxygen atoms in total. The van der Waals surface area contributed by atoms with Crippen molar-refractivity contribution in [3.8, 4) is 0 Å². The number of nitrogens with two attached hydrogens (primary N) is 1. The maximum Gasteiger partial charge on any atom is 0.140 e. The lowest BCUT2D eigenvalue weighted by molar-refractivity contribution is -0.119. The Bertz CT molecular complexity index is 440. The molecule has 0 aliphatic heterocycles. The summed E-state index contributed by atoms with van der Waals surface area (Å²) in [5.41, 5.74) is 7.94. The van der Waals surface area contributed by atoms with Crippen LogP contribution in [0.1, 0.15) is 45.5 Å². The number of hydrogen-bond acceptors (Lipinski definition) is 3. The summed E-state index contributed by atoms with van der Waals surface area (Å²) in [7, 11) is 0. The van der Waals surface area contributed by atoms with Crippen LogP contribution >= 0.6 is 15.9 Å². The van der Waals surface area contributed by atoms with Crippen LogP contribution in [0, 0.1) is 5.92 Å². The number of carbonyl (C=O) groups is 1. The zero-order valence-electron chi connectivity index (χ0n) is 12.2. The smallest absolute Gasteiger partial charge is 0.140 e. The fourth-order valence-electron chi connectivity index (χ4n) is 1.94. The van der Waals surface area contributed by atoms with Crippen molar-refractivity contribution in [2.24, 2.45) is 11.7 Å². The van der Waals surface area contributed by atoms with Crippen LogP contribution in [-0.4, -0.2) is 21.6 Å². The number of aromatic nitrogens is 2. The Morgan fingerprint density at radius 2 is 2.05 bits per heavy atom. The Hall–Kier alpha value is -0.680. The molecule has 1 aromatic rings. The number of hydrogen-bond donors (Lipinski definition) is 1. The maximum atomic E-state index is 12.1. The summed E-state index contributed by atoms with van der Waals surface area (Å²) < 4.78 is 2.88. The Labute approximate surface area is 123 Å². The number of rotatable bonds is 7. The van der Waals surface area contributed by atoms with E-state index >= 15 is 0 Å². The van der Waals surface area contributed by atoms with Gasteiger partial charge >= 0.3 is 0 Å². The minimum absolute atomic E-state index is 0.0603. The van der Waals surface area contributed by atoms with Crippen LogP contribution in [-0.2, 0) is 24.2 Å². The van der Waals surface area contributed by atoms with Crippen molar-refractivity contribution in [2.45, 2.75) is 59.5 Å². The largest absolute Gasteiger partial charge is 0.327 e. The first-order valence-electron chi connectivity index (χ1n) is 6.91. The number of nitrogens with zero attached hydrogens (tertiary/aromatic N) is 2. The van der Waals surface area contributed by atoms with Crippen molar-refractivity contribution >= 4 is 21.7 Å². The van der Waals surface area contributed by atoms with Crippen molar-refractivity contribution in [2.75, 3.05) is 0 Å². The molecule has 0 bridgehead atoms. The third-order valence-corrected chi connectivity index (χ3v) is 4.29. The molecule has 1 aromatic heterocycles. The molecule has 0 saturated heterocycles. The molecule has 1 rings (SSSR count). The van der Waals surface area contributed by atoms with Crippen molar-refractivity contribution in [3.63, 3.8) is 0 Å². The van der Waals surface area contributed by atoms with E-state index in [4.69, 9.17) is 5.73 Å². The van der Waals surface area contributed by atoms with Gasteiger partial charge in [-0.15, -0.1) is 0 Å². The molecule has 0 radical (unpaired) electrons. The molecule has 0 aromatic carbocycles. The molecule has 0 amide bonds. The van der Waals surface area contributed by atoms with Crippen LogP contribution in [0.2, 0.25) is 0 Å². The first-order valence-corrected chi connectivity index (χ1v) is 7.71. The fraction of sp³-hybridized carbons (Fsp3) is 0.714. The number of carbonyl (C=O) groups excluding carboxylic acids is 1. The molecule has 0 aliphatic rings. The van der Waals surface area contributed by atoms with Gasteiger partial charge in [-0.2, -0.15) is 5.10 Å². The predicted molar refractivity (Wildman–Crippen MR) is 81.1 cm³/mol. The van der Waals surface area contributed by atoms with E-state index in [0.717, 1.165) is 28.8 Å². The molecular formula is C14H24BrN3O. The number of ketones is 1. The van der Waals surface area contributed by atoms with Gasteiger partial charge in [-0.1, -0.05) is 20.8 Å². The van der Waals surface area contributed by atoms with Gasteiger partial charge < -0.3 is 5.73 Å². The first-order chi connectivity index (χ1) is 8.90. The van der Waals surface area contributed by atoms with Crippen LogP contribution in [0.4, 0.5) is 0 Å². The second-order valence-electron chi connectivity index (χ2n) is 5.20. The van der Waals surface area contributed by atoms with Crippen molar-refractivity contribution < 1.29 is 4.79 Å². The Morgan fingerprint density at radius 3 is 2.53 bits per heavy atom. The zero-order chi connectivity index (χ0) is 14.6. The van der Waals surface area contributed by atoms with Crippen LogP contribution in [0.5, 0.6) is 0 Å². The van der Waals surface area contributed by atoms with Crippen molar-refractivity contribution in [1.29, 1.82) is 0 Å². The Morgan fingerprint density at radius 1 is 1.42 bits per heavy atom. The number of Topliss-reactive ketones (excluding diaryl/α,β-unsaturated/α-hetero) is 1. The molecule has 1 atom stereocenters. The van der Waals surface area contributed by atoms with Crippen LogP contribution < -0.4 is 5.73 Å². The van der Waals surface area contributed by atoms with Crippen LogP contribution in [0.15, 0.2) is 4.47 Å². The van der Waals surface area contributed by atoms with Gasteiger partial charge in [0, 0.05) is 25.4 Å². The summed E-state index contributed by atoms with van der Waals surface area (Å²) in [6, 6.07) is -0.0603. The highest BCUT2D eigenvalue weighted by Crippen LogP contribution is 2.23. The lowest BCUT2D eigenvalue weighted by Crippen LogP contribution is -2.30. The maximum absolute atomic E-state index is 12.1. The lowest BCUT2D eigenvalue weighted by atomic mass is 9.98. The number of halogens is 1. The average Bonchev–Trinajstić information content (AvgIpc) is 2.66. The molecule has 1 heterocycles. The summed E-state index contributed by atoms with van der Waals surface area (Å²) in [4.78, 5) is 12.1. The summed E-state index contributed by atoms with van der Waals surface area (Å²) in [5, 5.41) is 4.50. The molecule has 0 aliphatic carbocycles. The first kappa shape index (κ1) is 16.4. The van der Waals surface area contributed by atoms with Crippen LogP contribution in [0.3, 0.4) is 0 Å². The van der Waals surface area contributed by atoms with E-state index in [1.165, 1.54) is 0 Å². The minimum Gasteiger partial charge on any atom is -0.327 e. The standard InChI is InChI=1S/C14H24BrN3O/c1-5-12-14(15)13(18(6-2)17-12)8-10(19)7-11(16)9(3)4/h9,11H,5-8,16H2,1-4H3. The van der Waals surface area contributed by atoms with E-state index in [2.05, 4.69) is 28.0 Å². The van der Waals surface area contributed by atoms with E-state index in [1.807, 2.05) is 25.5 Å². The van der Waals surface area contributed by atoms with Gasteiger partial charge in [0.2, 0.25) is 0 Å². The molecule has 2 N–H and O–H groups in total. The monoisotopic (exact) mass is 329 g/mol. The quantitative estimate of drug-likeness (QED) is 0.836. The predicted octanol–water partition coefficient (Wildman–Crippen LogP) is 2.71. The molecule has 0 spiro atoms. The van der Waals surface area contributed by atoms with E-state index in [1.54, 1.807) is 0 Å². The topological polar surface area (TPSA) is 60.9 Å². The fourth-order valence-corrected chi connectivity index (χ4v) is 2.65. The molecule has 0 saturated carbocycles. The van der Waals surface area contributed by atoms with Crippen molar-refractivity contribution in [1.82, 2.24) is 9.78 Å². The van der Waals surface area contributed by atoms with E-state index in [9.17, 15) is 4.79 Å². The third-order valence-electron chi connectivity index (χ3n) is 3.38. The Kier molecular flexibility index (Phi) is 6.20. The highest BCUT2D eigenvalue weighted by Gasteiger charge is 2.19. The van der Waals surface area contributed by atoms with E-state index in [-0.39, 0.29) is 11.8 Å². The molecule has 19 heavy (non-hydrogen) atoms. The average molecular weight is 330 g/mol. The SMILES string of the molecule is CCc1nn(CC)c(CC(=O)CC(N)C(C)C)c1Br. The summed E-state index contributed by atoms with van der Waals surface area (Å²) in [6.45, 7) is 8.95. The normalized spacial score (nSPS) is 13.0. The second kappa shape index (κ2) is 7.20. The number of aryl methyl sites for hydroxylation is 2. The highest BCUT2D eigenvalue weighted by atomic mass is 79.9. The Balaban J connectivity index is 2.81. The van der Waals surface area contributed by atoms with Gasteiger partial charge in [-0.3, -0.25) is 9.48 Å². The summed E-state index contributed by atoms with van der Waals surface area (Å²) in [5.74, 6) is 0.508. The van der Waals surface area contributed by atoms with Gasteiger partial charge in [0.15, 0.2) is 0 Å². The third kappa shape index (κ3) is 4.14. The molecular weight excluding hydrogens is 306 g/mol. The minimum atomic E-state index is -0.0603. The van der Waals surface area contributed by atoms with Gasteiger partial charge in [-0.25, -0.2) is 0 Å². The molecule has 108 valence electrons. The van der Waals surface area contributed by atoms with Gasteiger partial charge in [0.1, 0.15) is 5.78 Å². The van der Waals surface area contributed by atoms with Gasteiger partial charge in [0.05, 0.1) is 15.9 Å². The van der Waals surface area contributed by atoms with Gasteiger partial charge in [-0.05, 0) is 35.2 Å². The molecule has 5 heteroatoms. The summed E-state index contributed by atoms with van der Waals surface area (Å²) >= 11 is 3.56. The van der Waals surface area contributed by atoms with Crippen molar-refractivity contribution in [3.05, 3.63) is 15.9 Å². The lowest BCUT2D eigenvalue weighted by Gasteiger charge is -2.14. The highest BCUT2D eigenvalue weighted by molar-refractivity contribution is 9.10. The zero-order valence-corrected chi connectivity index (χ0v) is 13.8. The second-order valence-corrected chi connectivity index (χ2v) is 6.00. The summed E-state index contributed by atoms with van der Waals surface area (Å²) in [6.07, 6.45) is 1.70. The van der Waals surface area contributed by atoms with Crippen LogP contribution in [0.25, 0.3) is 0 Å².